The number of rotatable bonds is 5. The van der Waals surface area contributed by atoms with E-state index in [1.165, 1.54) is 0 Å². The lowest BCUT2D eigenvalue weighted by Gasteiger charge is -2.16. The van der Waals surface area contributed by atoms with Gasteiger partial charge in [-0.1, -0.05) is 11.6 Å². The molecule has 0 saturated carbocycles. The Balaban J connectivity index is 4.18. The van der Waals surface area contributed by atoms with Crippen LogP contribution in [0, 0.1) is 0 Å². The second-order valence-corrected chi connectivity index (χ2v) is 3.09. The van der Waals surface area contributed by atoms with Crippen LogP contribution in [0.2, 0.25) is 0 Å². The van der Waals surface area contributed by atoms with Crippen molar-refractivity contribution >= 4 is 23.5 Å². The van der Waals surface area contributed by atoms with E-state index in [1.807, 2.05) is 0 Å². The molecule has 0 rings (SSSR count). The lowest BCUT2D eigenvalue weighted by Crippen LogP contribution is -2.37. The molecule has 0 aromatic carbocycles. The molecule has 0 amide bonds. The van der Waals surface area contributed by atoms with Crippen molar-refractivity contribution in [1.82, 2.24) is 0 Å². The second-order valence-electron chi connectivity index (χ2n) is 2.46. The maximum atomic E-state index is 11.0. The molecule has 1 atom stereocenters. The van der Waals surface area contributed by atoms with Gasteiger partial charge < -0.3 is 14.6 Å². The summed E-state index contributed by atoms with van der Waals surface area (Å²) in [7, 11) is 0. The van der Waals surface area contributed by atoms with Crippen molar-refractivity contribution in [3.63, 3.8) is 0 Å². The standard InChI is InChI=1S/C8H13ClO5/c1-3-13-6(10)5-8(9,12)7(11)14-4-2/h12H,3-5H2,1-2H3. The smallest absolute Gasteiger partial charge is 0.354 e. The lowest BCUT2D eigenvalue weighted by molar-refractivity contribution is -0.163. The molecule has 0 bridgehead atoms. The summed E-state index contributed by atoms with van der Waals surface area (Å²) < 4.78 is 8.97. The zero-order chi connectivity index (χ0) is 11.2. The molecule has 0 saturated heterocycles. The molecule has 0 aromatic rings. The number of carbonyl (C=O) groups excluding carboxylic acids is 2. The van der Waals surface area contributed by atoms with Crippen LogP contribution < -0.4 is 0 Å². The van der Waals surface area contributed by atoms with E-state index in [0.29, 0.717) is 0 Å². The van der Waals surface area contributed by atoms with Crippen molar-refractivity contribution in [3.05, 3.63) is 0 Å². The van der Waals surface area contributed by atoms with Gasteiger partial charge in [0.2, 0.25) is 5.06 Å². The lowest BCUT2D eigenvalue weighted by atomic mass is 10.2. The summed E-state index contributed by atoms with van der Waals surface area (Å²) in [4.78, 5) is 21.9. The summed E-state index contributed by atoms with van der Waals surface area (Å²) in [6, 6.07) is 0. The highest BCUT2D eigenvalue weighted by molar-refractivity contribution is 6.33. The normalized spacial score (nSPS) is 14.3. The van der Waals surface area contributed by atoms with Gasteiger partial charge in [0.05, 0.1) is 19.6 Å². The number of carbonyl (C=O) groups is 2. The molecule has 0 aliphatic carbocycles. The Kier molecular flexibility index (Phi) is 5.49. The first kappa shape index (κ1) is 13.2. The quantitative estimate of drug-likeness (QED) is 0.542. The maximum absolute atomic E-state index is 11.0. The number of aliphatic hydroxyl groups is 1. The summed E-state index contributed by atoms with van der Waals surface area (Å²) in [6.07, 6.45) is -0.624. The van der Waals surface area contributed by atoms with Gasteiger partial charge in [-0.15, -0.1) is 0 Å². The highest BCUT2D eigenvalue weighted by Crippen LogP contribution is 2.18. The molecule has 82 valence electrons. The number of ether oxygens (including phenoxy) is 2. The number of esters is 2. The van der Waals surface area contributed by atoms with E-state index in [-0.39, 0.29) is 13.2 Å². The molecule has 0 fully saturated rings. The zero-order valence-electron chi connectivity index (χ0n) is 8.08. The molecule has 0 aliphatic heterocycles. The Morgan fingerprint density at radius 1 is 1.29 bits per heavy atom. The van der Waals surface area contributed by atoms with E-state index >= 15 is 0 Å². The van der Waals surface area contributed by atoms with Gasteiger partial charge in [-0.25, -0.2) is 4.79 Å². The van der Waals surface area contributed by atoms with Gasteiger partial charge in [-0.2, -0.15) is 0 Å². The molecule has 0 aliphatic rings. The fourth-order valence-corrected chi connectivity index (χ4v) is 0.881. The van der Waals surface area contributed by atoms with Gasteiger partial charge in [-0.05, 0) is 13.8 Å². The third kappa shape index (κ3) is 4.43. The molecule has 0 spiro atoms. The average Bonchev–Trinajstić information content (AvgIpc) is 2.03. The third-order valence-corrected chi connectivity index (χ3v) is 1.56. The molecule has 0 aromatic heterocycles. The van der Waals surface area contributed by atoms with Crippen LogP contribution in [0.3, 0.4) is 0 Å². The minimum atomic E-state index is -2.33. The van der Waals surface area contributed by atoms with Crippen LogP contribution in [0.5, 0.6) is 0 Å². The Hall–Kier alpha value is -0.810. The van der Waals surface area contributed by atoms with Crippen LogP contribution in [-0.4, -0.2) is 35.3 Å². The zero-order valence-corrected chi connectivity index (χ0v) is 8.84. The summed E-state index contributed by atoms with van der Waals surface area (Å²) in [5.74, 6) is -1.80. The predicted molar refractivity (Wildman–Crippen MR) is 48.7 cm³/mol. The highest BCUT2D eigenvalue weighted by atomic mass is 35.5. The number of alkyl halides is 1. The van der Waals surface area contributed by atoms with Crippen molar-refractivity contribution in [3.8, 4) is 0 Å². The Morgan fingerprint density at radius 3 is 2.21 bits per heavy atom. The minimum absolute atomic E-state index is 0.0800. The topological polar surface area (TPSA) is 72.8 Å². The summed E-state index contributed by atoms with van der Waals surface area (Å²) >= 11 is 5.38. The summed E-state index contributed by atoms with van der Waals surface area (Å²) in [6.45, 7) is 3.41. The van der Waals surface area contributed by atoms with Gasteiger partial charge in [0.25, 0.3) is 0 Å². The molecule has 0 radical (unpaired) electrons. The molecular formula is C8H13ClO5. The largest absolute Gasteiger partial charge is 0.466 e. The van der Waals surface area contributed by atoms with Gasteiger partial charge in [0.15, 0.2) is 0 Å². The van der Waals surface area contributed by atoms with Crippen molar-refractivity contribution in [2.45, 2.75) is 25.3 Å². The van der Waals surface area contributed by atoms with E-state index in [0.717, 1.165) is 0 Å². The number of halogens is 1. The van der Waals surface area contributed by atoms with Crippen LogP contribution >= 0.6 is 11.6 Å². The number of hydrogen-bond acceptors (Lipinski definition) is 5. The molecule has 5 nitrogen and oxygen atoms in total. The first-order valence-electron chi connectivity index (χ1n) is 4.18. The fraction of sp³-hybridized carbons (Fsp3) is 0.750. The molecule has 6 heteroatoms. The Morgan fingerprint density at radius 2 is 1.79 bits per heavy atom. The summed E-state index contributed by atoms with van der Waals surface area (Å²) in [5.41, 5.74) is 0. The highest BCUT2D eigenvalue weighted by Gasteiger charge is 2.38. The maximum Gasteiger partial charge on any atom is 0.354 e. The van der Waals surface area contributed by atoms with Crippen LogP contribution in [0.15, 0.2) is 0 Å². The van der Waals surface area contributed by atoms with Crippen molar-refractivity contribution < 1.29 is 24.2 Å². The second kappa shape index (κ2) is 5.82. The molecule has 14 heavy (non-hydrogen) atoms. The molecule has 1 unspecified atom stereocenters. The van der Waals surface area contributed by atoms with Crippen LogP contribution in [0.4, 0.5) is 0 Å². The van der Waals surface area contributed by atoms with E-state index in [2.05, 4.69) is 9.47 Å². The van der Waals surface area contributed by atoms with Crippen LogP contribution in [-0.2, 0) is 19.1 Å². The molecule has 0 heterocycles. The van der Waals surface area contributed by atoms with Crippen LogP contribution in [0.25, 0.3) is 0 Å². The first-order valence-corrected chi connectivity index (χ1v) is 4.56. The van der Waals surface area contributed by atoms with Crippen molar-refractivity contribution in [2.75, 3.05) is 13.2 Å². The van der Waals surface area contributed by atoms with Gasteiger partial charge in [-0.3, -0.25) is 4.79 Å². The first-order chi connectivity index (χ1) is 6.44. The fourth-order valence-electron chi connectivity index (χ4n) is 0.717. The monoisotopic (exact) mass is 224 g/mol. The SMILES string of the molecule is CCOC(=O)CC(O)(Cl)C(=O)OCC. The third-order valence-electron chi connectivity index (χ3n) is 1.27. The van der Waals surface area contributed by atoms with Gasteiger partial charge >= 0.3 is 11.9 Å². The predicted octanol–water partition coefficient (Wildman–Crippen LogP) is 0.430. The van der Waals surface area contributed by atoms with E-state index in [4.69, 9.17) is 11.6 Å². The van der Waals surface area contributed by atoms with E-state index in [9.17, 15) is 14.7 Å². The van der Waals surface area contributed by atoms with Crippen molar-refractivity contribution in [1.29, 1.82) is 0 Å². The average molecular weight is 225 g/mol. The summed E-state index contributed by atoms with van der Waals surface area (Å²) in [5, 5.41) is 6.97. The van der Waals surface area contributed by atoms with Crippen LogP contribution in [0.1, 0.15) is 20.3 Å². The van der Waals surface area contributed by atoms with Gasteiger partial charge in [0, 0.05) is 0 Å². The number of hydrogen-bond donors (Lipinski definition) is 1. The molecule has 1 N–H and O–H groups in total. The van der Waals surface area contributed by atoms with Crippen molar-refractivity contribution in [2.24, 2.45) is 0 Å². The Labute approximate surface area is 86.9 Å². The Bertz CT molecular complexity index is 214. The molecular weight excluding hydrogens is 212 g/mol. The van der Waals surface area contributed by atoms with E-state index < -0.39 is 23.4 Å². The van der Waals surface area contributed by atoms with Gasteiger partial charge in [0.1, 0.15) is 0 Å². The van der Waals surface area contributed by atoms with E-state index in [1.54, 1.807) is 13.8 Å². The minimum Gasteiger partial charge on any atom is -0.466 e.